The van der Waals surface area contributed by atoms with Gasteiger partial charge in [0.05, 0.1) is 0 Å². The molecule has 0 aliphatic heterocycles. The van der Waals surface area contributed by atoms with Gasteiger partial charge in [-0.1, -0.05) is 6.92 Å². The maximum absolute atomic E-state index is 10.4. The Morgan fingerprint density at radius 1 is 1.58 bits per heavy atom. The molecule has 0 aromatic rings. The van der Waals surface area contributed by atoms with Crippen LogP contribution in [0.25, 0.3) is 0 Å². The van der Waals surface area contributed by atoms with E-state index in [2.05, 4.69) is 4.72 Å². The average molecular weight is 196 g/mol. The molecule has 1 atom stereocenters. The minimum Gasteiger partial charge on any atom is -0.396 e. The highest BCUT2D eigenvalue weighted by Crippen LogP contribution is 2.02. The van der Waals surface area contributed by atoms with Crippen LogP contribution in [-0.2, 0) is 10.2 Å². The lowest BCUT2D eigenvalue weighted by molar-refractivity contribution is 0.228. The first-order valence-corrected chi connectivity index (χ1v) is 5.38. The highest BCUT2D eigenvalue weighted by molar-refractivity contribution is 7.87. The summed E-state index contributed by atoms with van der Waals surface area (Å²) in [6.45, 7) is 2.37. The van der Waals surface area contributed by atoms with Crippen LogP contribution in [-0.4, -0.2) is 26.7 Å². The Hall–Kier alpha value is -0.170. The normalized spacial score (nSPS) is 14.6. The summed E-state index contributed by atoms with van der Waals surface area (Å²) in [6.07, 6.45) is 1.48. The van der Waals surface area contributed by atoms with Crippen molar-refractivity contribution in [1.29, 1.82) is 0 Å². The number of nitrogens with two attached hydrogens (primary N) is 1. The Morgan fingerprint density at radius 2 is 2.17 bits per heavy atom. The smallest absolute Gasteiger partial charge is 0.274 e. The molecule has 0 rings (SSSR count). The SMILES string of the molecule is CC(CO)CCCNS(N)(=O)=O. The second kappa shape index (κ2) is 5.47. The van der Waals surface area contributed by atoms with Crippen LogP contribution in [0.2, 0.25) is 0 Å². The lowest BCUT2D eigenvalue weighted by Gasteiger charge is -2.06. The largest absolute Gasteiger partial charge is 0.396 e. The van der Waals surface area contributed by atoms with Crippen molar-refractivity contribution in [3.8, 4) is 0 Å². The quantitative estimate of drug-likeness (QED) is 0.485. The minimum absolute atomic E-state index is 0.134. The molecule has 0 aliphatic carbocycles. The van der Waals surface area contributed by atoms with E-state index in [1.165, 1.54) is 0 Å². The molecule has 0 radical (unpaired) electrons. The predicted octanol–water partition coefficient (Wildman–Crippen LogP) is -0.812. The Kier molecular flexibility index (Phi) is 5.39. The fraction of sp³-hybridized carbons (Fsp3) is 1.00. The highest BCUT2D eigenvalue weighted by Gasteiger charge is 2.02. The number of hydrogen-bond donors (Lipinski definition) is 3. The molecule has 0 aromatic carbocycles. The first-order chi connectivity index (χ1) is 5.45. The molecule has 0 saturated carbocycles. The Morgan fingerprint density at radius 3 is 2.58 bits per heavy atom. The molecule has 4 N–H and O–H groups in total. The molecule has 0 fully saturated rings. The van der Waals surface area contributed by atoms with E-state index >= 15 is 0 Å². The third-order valence-corrected chi connectivity index (χ3v) is 2.10. The molecule has 6 heteroatoms. The van der Waals surface area contributed by atoms with E-state index in [0.717, 1.165) is 6.42 Å². The van der Waals surface area contributed by atoms with Crippen molar-refractivity contribution in [2.24, 2.45) is 11.1 Å². The van der Waals surface area contributed by atoms with Crippen LogP contribution in [0.4, 0.5) is 0 Å². The van der Waals surface area contributed by atoms with E-state index in [4.69, 9.17) is 10.2 Å². The van der Waals surface area contributed by atoms with Gasteiger partial charge in [0.25, 0.3) is 10.2 Å². The van der Waals surface area contributed by atoms with Gasteiger partial charge in [-0.2, -0.15) is 8.42 Å². The van der Waals surface area contributed by atoms with Crippen LogP contribution in [0.1, 0.15) is 19.8 Å². The molecular formula is C6H16N2O3S. The molecule has 0 aliphatic rings. The Balaban J connectivity index is 3.34. The van der Waals surface area contributed by atoms with Crippen molar-refractivity contribution in [3.63, 3.8) is 0 Å². The van der Waals surface area contributed by atoms with Gasteiger partial charge in [0.15, 0.2) is 0 Å². The van der Waals surface area contributed by atoms with Crippen molar-refractivity contribution in [2.45, 2.75) is 19.8 Å². The minimum atomic E-state index is -3.54. The molecule has 0 heterocycles. The maximum Gasteiger partial charge on any atom is 0.274 e. The van der Waals surface area contributed by atoms with Crippen LogP contribution < -0.4 is 9.86 Å². The number of aliphatic hydroxyl groups is 1. The zero-order valence-electron chi connectivity index (χ0n) is 7.16. The summed E-state index contributed by atoms with van der Waals surface area (Å²) >= 11 is 0. The third-order valence-electron chi connectivity index (χ3n) is 1.49. The molecule has 0 amide bonds. The first kappa shape index (κ1) is 11.8. The fourth-order valence-corrected chi connectivity index (χ4v) is 1.19. The summed E-state index contributed by atoms with van der Waals surface area (Å²) in [6, 6.07) is 0. The van der Waals surface area contributed by atoms with Crippen molar-refractivity contribution >= 4 is 10.2 Å². The van der Waals surface area contributed by atoms with Gasteiger partial charge in [-0.3, -0.25) is 0 Å². The Bertz CT molecular complexity index is 203. The molecule has 5 nitrogen and oxygen atoms in total. The van der Waals surface area contributed by atoms with Crippen molar-refractivity contribution < 1.29 is 13.5 Å². The van der Waals surface area contributed by atoms with Gasteiger partial charge >= 0.3 is 0 Å². The van der Waals surface area contributed by atoms with Crippen molar-refractivity contribution in [3.05, 3.63) is 0 Å². The summed E-state index contributed by atoms with van der Waals surface area (Å²) in [5.41, 5.74) is 0. The molecule has 74 valence electrons. The molecule has 12 heavy (non-hydrogen) atoms. The summed E-state index contributed by atoms with van der Waals surface area (Å²) in [7, 11) is -3.54. The van der Waals surface area contributed by atoms with Gasteiger partial charge in [-0.25, -0.2) is 9.86 Å². The summed E-state index contributed by atoms with van der Waals surface area (Å²) < 4.78 is 22.9. The predicted molar refractivity (Wildman–Crippen MR) is 46.6 cm³/mol. The van der Waals surface area contributed by atoms with Gasteiger partial charge in [-0.15, -0.1) is 0 Å². The van der Waals surface area contributed by atoms with Crippen LogP contribution in [0.15, 0.2) is 0 Å². The average Bonchev–Trinajstić information content (AvgIpc) is 1.96. The van der Waals surface area contributed by atoms with Gasteiger partial charge in [0.2, 0.25) is 0 Å². The van der Waals surface area contributed by atoms with E-state index in [1.54, 1.807) is 0 Å². The lowest BCUT2D eigenvalue weighted by Crippen LogP contribution is -2.31. The lowest BCUT2D eigenvalue weighted by atomic mass is 10.1. The second-order valence-corrected chi connectivity index (χ2v) is 4.25. The van der Waals surface area contributed by atoms with Crippen LogP contribution in [0.3, 0.4) is 0 Å². The second-order valence-electron chi connectivity index (χ2n) is 2.87. The van der Waals surface area contributed by atoms with E-state index in [0.29, 0.717) is 13.0 Å². The van der Waals surface area contributed by atoms with Crippen LogP contribution in [0, 0.1) is 5.92 Å². The van der Waals surface area contributed by atoms with Crippen molar-refractivity contribution in [2.75, 3.05) is 13.2 Å². The molecule has 0 spiro atoms. The van der Waals surface area contributed by atoms with Crippen LogP contribution >= 0.6 is 0 Å². The zero-order valence-corrected chi connectivity index (χ0v) is 7.97. The van der Waals surface area contributed by atoms with E-state index < -0.39 is 10.2 Å². The summed E-state index contributed by atoms with van der Waals surface area (Å²) in [4.78, 5) is 0. The molecular weight excluding hydrogens is 180 g/mol. The number of rotatable bonds is 6. The van der Waals surface area contributed by atoms with Gasteiger partial charge in [0, 0.05) is 13.2 Å². The number of hydrogen-bond acceptors (Lipinski definition) is 3. The fourth-order valence-electron chi connectivity index (χ4n) is 0.756. The van der Waals surface area contributed by atoms with Crippen LogP contribution in [0.5, 0.6) is 0 Å². The molecule has 1 unspecified atom stereocenters. The van der Waals surface area contributed by atoms with E-state index in [9.17, 15) is 8.42 Å². The summed E-state index contributed by atoms with van der Waals surface area (Å²) in [5, 5.41) is 13.3. The van der Waals surface area contributed by atoms with Gasteiger partial charge in [-0.05, 0) is 18.8 Å². The van der Waals surface area contributed by atoms with Gasteiger partial charge in [0.1, 0.15) is 0 Å². The van der Waals surface area contributed by atoms with Gasteiger partial charge < -0.3 is 5.11 Å². The maximum atomic E-state index is 10.4. The summed E-state index contributed by atoms with van der Waals surface area (Å²) in [5.74, 6) is 0.215. The van der Waals surface area contributed by atoms with E-state index in [-0.39, 0.29) is 12.5 Å². The highest BCUT2D eigenvalue weighted by atomic mass is 32.2. The van der Waals surface area contributed by atoms with Crippen molar-refractivity contribution in [1.82, 2.24) is 4.72 Å². The van der Waals surface area contributed by atoms with E-state index in [1.807, 2.05) is 6.92 Å². The topological polar surface area (TPSA) is 92.4 Å². The molecule has 0 saturated heterocycles. The zero-order chi connectivity index (χ0) is 9.61. The number of nitrogens with one attached hydrogen (secondary N) is 1. The first-order valence-electron chi connectivity index (χ1n) is 3.84. The standard InChI is InChI=1S/C6H16N2O3S/c1-6(5-9)3-2-4-8-12(7,10)11/h6,8-9H,2-5H2,1H3,(H2,7,10,11). The Labute approximate surface area is 73.1 Å². The number of aliphatic hydroxyl groups excluding tert-OH is 1. The molecule has 0 aromatic heterocycles. The third kappa shape index (κ3) is 7.93. The monoisotopic (exact) mass is 196 g/mol. The molecule has 0 bridgehead atoms.